The summed E-state index contributed by atoms with van der Waals surface area (Å²) in [6.45, 7) is 9.05. The number of ketones is 2. The summed E-state index contributed by atoms with van der Waals surface area (Å²) in [6, 6.07) is 57.0. The largest absolute Gasteiger partial charge is 1.00 e. The molecule has 5 nitrogen and oxygen atoms in total. The number of hydrogen-bond acceptors (Lipinski definition) is 5. The Hall–Kier alpha value is -5.93. The van der Waals surface area contributed by atoms with Crippen molar-refractivity contribution in [1.82, 2.24) is 0 Å². The molecule has 7 rings (SSSR count). The van der Waals surface area contributed by atoms with Gasteiger partial charge in [0.1, 0.15) is 11.6 Å². The van der Waals surface area contributed by atoms with Crippen LogP contribution in [0.1, 0.15) is 55.4 Å². The Morgan fingerprint density at radius 2 is 0.750 bits per heavy atom. The van der Waals surface area contributed by atoms with E-state index < -0.39 is 18.8 Å². The molecule has 0 spiro atoms. The molecule has 0 saturated heterocycles. The number of anilines is 5. The van der Waals surface area contributed by atoms with Crippen LogP contribution in [-0.2, 0) is 0 Å². The fourth-order valence-corrected chi connectivity index (χ4v) is 6.13. The van der Waals surface area contributed by atoms with Crippen LogP contribution in [0.25, 0.3) is 0 Å². The molecule has 0 aromatic heterocycles. The van der Waals surface area contributed by atoms with Crippen molar-refractivity contribution >= 4 is 40.0 Å². The number of hydrogen-bond donors (Lipinski definition) is 1. The van der Waals surface area contributed by atoms with Gasteiger partial charge in [-0.15, -0.1) is 0 Å². The Labute approximate surface area is 377 Å². The normalized spacial score (nSPS) is 10.0. The Kier molecular flexibility index (Phi) is 20.4. The third kappa shape index (κ3) is 14.4. The van der Waals surface area contributed by atoms with Crippen LogP contribution in [-0.4, -0.2) is 38.4 Å². The average molecular weight is 819 g/mol. The van der Waals surface area contributed by atoms with Crippen molar-refractivity contribution < 1.29 is 55.1 Å². The second kappa shape index (κ2) is 26.2. The summed E-state index contributed by atoms with van der Waals surface area (Å²) < 4.78 is 40.8. The summed E-state index contributed by atoms with van der Waals surface area (Å²) in [6.07, 6.45) is 0. The van der Waals surface area contributed by atoms with Gasteiger partial charge in [-0.1, -0.05) is 54.6 Å². The van der Waals surface area contributed by atoms with Crippen molar-refractivity contribution in [3.63, 3.8) is 0 Å². The number of benzene rings is 7. The molecule has 0 unspecified atom stereocenters. The fourth-order valence-electron chi connectivity index (χ4n) is 6.13. The van der Waals surface area contributed by atoms with Gasteiger partial charge in [-0.05, 0) is 154 Å². The van der Waals surface area contributed by atoms with E-state index >= 15 is 0 Å². The Balaban J connectivity index is 0.000000365. The van der Waals surface area contributed by atoms with E-state index in [4.69, 9.17) is 1.37 Å². The smallest absolute Gasteiger partial charge is 1.00 e. The van der Waals surface area contributed by atoms with Gasteiger partial charge in [0, 0.05) is 70.3 Å². The van der Waals surface area contributed by atoms with Crippen LogP contribution >= 0.6 is 0 Å². The average Bonchev–Trinajstić information content (AvgIpc) is 3.29. The summed E-state index contributed by atoms with van der Waals surface area (Å²) in [5.41, 5.74) is 7.79. The van der Waals surface area contributed by atoms with E-state index in [1.807, 2.05) is 103 Å². The molecule has 0 fully saturated rings. The maximum atomic E-state index is 13.1. The van der Waals surface area contributed by atoms with Crippen molar-refractivity contribution in [3.05, 3.63) is 222 Å². The number of nitrogens with zero attached hydrogens (tertiary/aromatic N) is 2. The Morgan fingerprint density at radius 3 is 1.03 bits per heavy atom. The molecular formula is C51H51F3N3NaO2. The van der Waals surface area contributed by atoms with Crippen molar-refractivity contribution in [2.24, 2.45) is 0 Å². The molecule has 0 aliphatic rings. The van der Waals surface area contributed by atoms with Gasteiger partial charge in [0.05, 0.1) is 8.52 Å². The first-order chi connectivity index (χ1) is 29.2. The van der Waals surface area contributed by atoms with Crippen LogP contribution in [0.15, 0.2) is 188 Å². The van der Waals surface area contributed by atoms with E-state index in [0.29, 0.717) is 22.3 Å². The first kappa shape index (κ1) is 46.8. The van der Waals surface area contributed by atoms with Gasteiger partial charge in [-0.3, -0.25) is 14.0 Å². The molecule has 0 heterocycles. The molecule has 0 saturated carbocycles. The molecule has 0 radical (unpaired) electrons. The van der Waals surface area contributed by atoms with Crippen molar-refractivity contribution in [2.45, 2.75) is 20.8 Å². The van der Waals surface area contributed by atoms with E-state index in [9.17, 15) is 22.8 Å². The van der Waals surface area contributed by atoms with E-state index in [-0.39, 0.29) is 42.6 Å². The number of halogens is 3. The summed E-state index contributed by atoms with van der Waals surface area (Å²) >= 11 is 0. The molecule has 0 amide bonds. The number of carbonyl (C=O) groups is 2. The van der Waals surface area contributed by atoms with Crippen LogP contribution in [0.3, 0.4) is 0 Å². The van der Waals surface area contributed by atoms with Crippen molar-refractivity contribution in [2.75, 3.05) is 41.9 Å². The summed E-state index contributed by atoms with van der Waals surface area (Å²) in [5, 5.41) is 3.21. The third-order valence-electron chi connectivity index (χ3n) is 9.02. The maximum absolute atomic E-state index is 13.1. The minimum absolute atomic E-state index is 0. The van der Waals surface area contributed by atoms with Crippen LogP contribution in [0.5, 0.6) is 0 Å². The Bertz CT molecular complexity index is 2150. The quantitative estimate of drug-likeness (QED) is 0.0983. The van der Waals surface area contributed by atoms with E-state index in [0.717, 1.165) is 42.4 Å². The second-order valence-corrected chi connectivity index (χ2v) is 12.8. The number of para-hydroxylation sites is 3. The molecule has 0 atom stereocenters. The van der Waals surface area contributed by atoms with Gasteiger partial charge in [-0.25, -0.2) is 8.78 Å². The number of nitrogens with one attached hydrogen (secondary N) is 1. The standard InChI is InChI=1S/C29H28N2O.C13H8F2O.C8H11N.CH3F.Na.H/c1-3-30(25-11-7-5-8-12-25)27-19-15-23(16-20-27)29(32)24-17-21-28(22-18-24)31(4-2)26-13-9-6-10-14-26;14-11-5-1-9(2-6-11)13(16)10-3-7-12(15)8-4-10;1-2-9-8-6-4-3-5-7-8;1-2;;/h5-22H,3-4H2,1-2H3;1-8H;3-7,9H,2H2,1H3;1H3;;/q;;;;+1;-1/i;;;1D;;. The van der Waals surface area contributed by atoms with Crippen molar-refractivity contribution in [3.8, 4) is 0 Å². The molecule has 304 valence electrons. The summed E-state index contributed by atoms with van der Waals surface area (Å²) in [4.78, 5) is 29.3. The van der Waals surface area contributed by atoms with Crippen LogP contribution < -0.4 is 44.7 Å². The summed E-state index contributed by atoms with van der Waals surface area (Å²) in [7, 11) is -1.00. The van der Waals surface area contributed by atoms with Gasteiger partial charge >= 0.3 is 29.6 Å². The molecule has 9 heteroatoms. The van der Waals surface area contributed by atoms with E-state index in [1.165, 1.54) is 54.2 Å². The van der Waals surface area contributed by atoms with E-state index in [2.05, 4.69) is 72.3 Å². The molecule has 7 aromatic rings. The molecule has 1 N–H and O–H groups in total. The van der Waals surface area contributed by atoms with Crippen LogP contribution in [0.4, 0.5) is 41.6 Å². The molecule has 0 bridgehead atoms. The van der Waals surface area contributed by atoms with Crippen LogP contribution in [0, 0.1) is 11.6 Å². The SMILES string of the molecule is CCN(c1ccccc1)c1ccc(C(=O)c2ccc(N(CC)c3ccccc3)cc2)cc1.CCNc1ccccc1.O=C(c1ccc(F)cc1)c1ccc(F)cc1.[2H]CF.[H-].[Na+]. The number of alkyl halides is 1. The zero-order valence-corrected chi connectivity index (χ0v) is 36.6. The minimum atomic E-state index is -1.00. The number of rotatable bonds is 12. The fraction of sp³-hybridized carbons (Fsp3) is 0.137. The van der Waals surface area contributed by atoms with Crippen molar-refractivity contribution in [1.29, 1.82) is 0 Å². The van der Waals surface area contributed by atoms with Gasteiger partial charge in [0.25, 0.3) is 0 Å². The Morgan fingerprint density at radius 1 is 0.483 bits per heavy atom. The zero-order valence-electron chi connectivity index (χ0n) is 36.6. The monoisotopic (exact) mass is 818 g/mol. The van der Waals surface area contributed by atoms with Gasteiger partial charge < -0.3 is 16.5 Å². The third-order valence-corrected chi connectivity index (χ3v) is 9.02. The first-order valence-electron chi connectivity index (χ1n) is 20.0. The van der Waals surface area contributed by atoms with Crippen LogP contribution in [0.2, 0.25) is 0 Å². The molecular weight excluding hydrogens is 767 g/mol. The molecule has 7 aromatic carbocycles. The maximum Gasteiger partial charge on any atom is 1.00 e. The summed E-state index contributed by atoms with van der Waals surface area (Å²) in [5.74, 6) is -1.00. The van der Waals surface area contributed by atoms with Gasteiger partial charge in [0.15, 0.2) is 11.6 Å². The minimum Gasteiger partial charge on any atom is -1.00 e. The second-order valence-electron chi connectivity index (χ2n) is 12.8. The zero-order chi connectivity index (χ0) is 43.1. The molecule has 60 heavy (non-hydrogen) atoms. The van der Waals surface area contributed by atoms with E-state index in [1.54, 1.807) is 0 Å². The number of carbonyl (C=O) groups excluding carboxylic acids is 2. The predicted molar refractivity (Wildman–Crippen MR) is 240 cm³/mol. The van der Waals surface area contributed by atoms with Gasteiger partial charge in [-0.2, -0.15) is 0 Å². The predicted octanol–water partition coefficient (Wildman–Crippen LogP) is 10.2. The first-order valence-corrected chi connectivity index (χ1v) is 19.3. The van der Waals surface area contributed by atoms with Gasteiger partial charge in [0.2, 0.25) is 0 Å². The molecule has 0 aliphatic heterocycles. The topological polar surface area (TPSA) is 52.7 Å². The molecule has 0 aliphatic carbocycles.